The van der Waals surface area contributed by atoms with Crippen LogP contribution in [0, 0.1) is 5.82 Å². The van der Waals surface area contributed by atoms with Crippen LogP contribution in [0.1, 0.15) is 48.5 Å². The second-order valence-corrected chi connectivity index (χ2v) is 8.17. The summed E-state index contributed by atoms with van der Waals surface area (Å²) < 4.78 is 13.3. The van der Waals surface area contributed by atoms with Gasteiger partial charge in [-0.05, 0) is 49.5 Å². The molecule has 31 heavy (non-hydrogen) atoms. The molecule has 0 bridgehead atoms. The van der Waals surface area contributed by atoms with Gasteiger partial charge in [0.25, 0.3) is 0 Å². The smallest absolute Gasteiger partial charge is 0.131 e. The van der Waals surface area contributed by atoms with E-state index in [2.05, 4.69) is 27.1 Å². The molecule has 7 heteroatoms. The Balaban J connectivity index is 1.49. The van der Waals surface area contributed by atoms with Gasteiger partial charge >= 0.3 is 0 Å². The zero-order valence-electron chi connectivity index (χ0n) is 18.0. The number of rotatable bonds is 9. The summed E-state index contributed by atoms with van der Waals surface area (Å²) in [4.78, 5) is 20.6. The van der Waals surface area contributed by atoms with E-state index in [0.29, 0.717) is 12.8 Å². The predicted octanol–water partition coefficient (Wildman–Crippen LogP) is 3.85. The molecule has 0 amide bonds. The van der Waals surface area contributed by atoms with Crippen molar-refractivity contribution in [2.75, 3.05) is 31.5 Å². The van der Waals surface area contributed by atoms with Gasteiger partial charge in [-0.2, -0.15) is 0 Å². The quantitative estimate of drug-likeness (QED) is 0.567. The molecule has 0 spiro atoms. The summed E-state index contributed by atoms with van der Waals surface area (Å²) in [5.41, 5.74) is 2.87. The Bertz CT molecular complexity index is 958. The highest BCUT2D eigenvalue weighted by atomic mass is 19.1. The summed E-state index contributed by atoms with van der Waals surface area (Å²) in [5.74, 6) is 1.59. The van der Waals surface area contributed by atoms with Gasteiger partial charge in [-0.25, -0.2) is 14.4 Å². The largest absolute Gasteiger partial charge is 0.369 e. The number of hydrogen-bond acceptors (Lipinski definition) is 6. The first-order valence-electron chi connectivity index (χ1n) is 11.0. The molecule has 0 aliphatic carbocycles. The molecule has 1 saturated heterocycles. The van der Waals surface area contributed by atoms with Gasteiger partial charge in [0, 0.05) is 50.6 Å². The van der Waals surface area contributed by atoms with Gasteiger partial charge in [0.2, 0.25) is 0 Å². The van der Waals surface area contributed by atoms with Crippen molar-refractivity contribution in [2.45, 2.75) is 38.5 Å². The van der Waals surface area contributed by atoms with E-state index >= 15 is 0 Å². The van der Waals surface area contributed by atoms with Gasteiger partial charge in [0.15, 0.2) is 0 Å². The highest BCUT2D eigenvalue weighted by molar-refractivity contribution is 5.37. The van der Waals surface area contributed by atoms with Crippen LogP contribution in [-0.4, -0.2) is 51.0 Å². The minimum atomic E-state index is -0.220. The Hall–Kier alpha value is -2.93. The molecule has 3 aromatic rings. The van der Waals surface area contributed by atoms with E-state index in [9.17, 15) is 4.39 Å². The van der Waals surface area contributed by atoms with Crippen molar-refractivity contribution < 1.29 is 4.39 Å². The molecule has 1 aliphatic rings. The predicted molar refractivity (Wildman–Crippen MR) is 120 cm³/mol. The third kappa shape index (κ3) is 6.28. The summed E-state index contributed by atoms with van der Waals surface area (Å²) in [5, 5.41) is 3.48. The normalized spacial score (nSPS) is 15.2. The second-order valence-electron chi connectivity index (χ2n) is 8.17. The maximum Gasteiger partial charge on any atom is 0.131 e. The maximum absolute atomic E-state index is 13.3. The minimum Gasteiger partial charge on any atom is -0.369 e. The number of anilines is 1. The van der Waals surface area contributed by atoms with Crippen molar-refractivity contribution in [3.05, 3.63) is 77.5 Å². The summed E-state index contributed by atoms with van der Waals surface area (Å²) in [6.45, 7) is 6.36. The lowest BCUT2D eigenvalue weighted by Gasteiger charge is -2.16. The monoisotopic (exact) mass is 420 g/mol. The molecule has 0 radical (unpaired) electrons. The van der Waals surface area contributed by atoms with Gasteiger partial charge in [0.05, 0.1) is 11.4 Å². The van der Waals surface area contributed by atoms with Crippen molar-refractivity contribution in [1.82, 2.24) is 24.8 Å². The molecule has 0 unspecified atom stereocenters. The lowest BCUT2D eigenvalue weighted by atomic mass is 9.97. The van der Waals surface area contributed by atoms with Crippen LogP contribution in [0.4, 0.5) is 10.2 Å². The van der Waals surface area contributed by atoms with Crippen molar-refractivity contribution in [3.63, 3.8) is 0 Å². The first-order valence-corrected chi connectivity index (χ1v) is 11.0. The first kappa shape index (κ1) is 21.3. The average molecular weight is 421 g/mol. The molecule has 162 valence electrons. The zero-order chi connectivity index (χ0) is 21.5. The van der Waals surface area contributed by atoms with Crippen LogP contribution in [0.5, 0.6) is 0 Å². The fourth-order valence-electron chi connectivity index (χ4n) is 3.96. The van der Waals surface area contributed by atoms with Gasteiger partial charge in [-0.1, -0.05) is 19.1 Å². The Morgan fingerprint density at radius 1 is 1.06 bits per heavy atom. The van der Waals surface area contributed by atoms with Gasteiger partial charge < -0.3 is 10.2 Å². The van der Waals surface area contributed by atoms with Gasteiger partial charge in [-0.3, -0.25) is 9.97 Å². The van der Waals surface area contributed by atoms with Crippen molar-refractivity contribution >= 4 is 5.82 Å². The molecule has 1 aliphatic heterocycles. The van der Waals surface area contributed by atoms with E-state index in [1.54, 1.807) is 18.6 Å². The standard InChI is InChI=1S/C24H29FN6/c1-18(19-4-6-20(25)7-5-19)14-24-29-21(15-22-17-26-8-9-27-22)16-23(30-24)28-10-13-31-11-2-3-12-31/h4-9,16-18H,2-3,10-15H2,1H3,(H,28,29,30)/t18-/m1/s1. The summed E-state index contributed by atoms with van der Waals surface area (Å²) in [7, 11) is 0. The van der Waals surface area contributed by atoms with Crippen LogP contribution in [0.15, 0.2) is 48.9 Å². The number of likely N-dealkylation sites (tertiary alicyclic amines) is 1. The van der Waals surface area contributed by atoms with E-state index in [1.807, 2.05) is 18.2 Å². The molecule has 1 atom stereocenters. The number of halogens is 1. The molecule has 1 fully saturated rings. The number of nitrogens with one attached hydrogen (secondary N) is 1. The highest BCUT2D eigenvalue weighted by Crippen LogP contribution is 2.21. The topological polar surface area (TPSA) is 66.8 Å². The molecular weight excluding hydrogens is 391 g/mol. The first-order chi connectivity index (χ1) is 15.2. The SMILES string of the molecule is C[C@H](Cc1nc(Cc2cnccn2)cc(NCCN2CCCC2)n1)c1ccc(F)cc1. The fraction of sp³-hybridized carbons (Fsp3) is 0.417. The number of aromatic nitrogens is 4. The Labute approximate surface area is 183 Å². The van der Waals surface area contributed by atoms with Gasteiger partial charge in [0.1, 0.15) is 17.5 Å². The second kappa shape index (κ2) is 10.4. The lowest BCUT2D eigenvalue weighted by molar-refractivity contribution is 0.352. The van der Waals surface area contributed by atoms with E-state index in [0.717, 1.165) is 41.7 Å². The van der Waals surface area contributed by atoms with Crippen LogP contribution in [0.25, 0.3) is 0 Å². The van der Waals surface area contributed by atoms with E-state index < -0.39 is 0 Å². The molecule has 1 N–H and O–H groups in total. The van der Waals surface area contributed by atoms with Crippen LogP contribution in [0.3, 0.4) is 0 Å². The lowest BCUT2D eigenvalue weighted by Crippen LogP contribution is -2.26. The molecule has 1 aromatic carbocycles. The Morgan fingerprint density at radius 2 is 1.87 bits per heavy atom. The summed E-state index contributed by atoms with van der Waals surface area (Å²) in [6, 6.07) is 8.67. The van der Waals surface area contributed by atoms with Crippen molar-refractivity contribution in [3.8, 4) is 0 Å². The van der Waals surface area contributed by atoms with E-state index in [1.165, 1.54) is 38.1 Å². The number of benzene rings is 1. The number of nitrogens with zero attached hydrogens (tertiary/aromatic N) is 5. The molecule has 4 rings (SSSR count). The maximum atomic E-state index is 13.3. The highest BCUT2D eigenvalue weighted by Gasteiger charge is 2.14. The third-order valence-corrected chi connectivity index (χ3v) is 5.67. The third-order valence-electron chi connectivity index (χ3n) is 5.67. The number of hydrogen-bond donors (Lipinski definition) is 1. The zero-order valence-corrected chi connectivity index (χ0v) is 18.0. The summed E-state index contributed by atoms with van der Waals surface area (Å²) in [6.07, 6.45) is 9.01. The molecule has 0 saturated carbocycles. The minimum absolute atomic E-state index is 0.185. The van der Waals surface area contributed by atoms with E-state index in [-0.39, 0.29) is 11.7 Å². The van der Waals surface area contributed by atoms with Crippen molar-refractivity contribution in [1.29, 1.82) is 0 Å². The van der Waals surface area contributed by atoms with Crippen LogP contribution >= 0.6 is 0 Å². The average Bonchev–Trinajstić information content (AvgIpc) is 3.28. The molecule has 3 heterocycles. The summed E-state index contributed by atoms with van der Waals surface area (Å²) >= 11 is 0. The Morgan fingerprint density at radius 3 is 2.61 bits per heavy atom. The fourth-order valence-corrected chi connectivity index (χ4v) is 3.96. The van der Waals surface area contributed by atoms with Gasteiger partial charge in [-0.15, -0.1) is 0 Å². The van der Waals surface area contributed by atoms with Crippen LogP contribution < -0.4 is 5.32 Å². The molecule has 6 nitrogen and oxygen atoms in total. The van der Waals surface area contributed by atoms with Crippen LogP contribution in [-0.2, 0) is 12.8 Å². The Kier molecular flexibility index (Phi) is 7.14. The van der Waals surface area contributed by atoms with E-state index in [4.69, 9.17) is 9.97 Å². The van der Waals surface area contributed by atoms with Crippen molar-refractivity contribution in [2.24, 2.45) is 0 Å². The van der Waals surface area contributed by atoms with Crippen LogP contribution in [0.2, 0.25) is 0 Å². The molecular formula is C24H29FN6. The molecule has 2 aromatic heterocycles.